The van der Waals surface area contributed by atoms with Crippen LogP contribution in [0.3, 0.4) is 0 Å². The Kier molecular flexibility index (Phi) is 5.87. The maximum Gasteiger partial charge on any atom is 0.340 e. The van der Waals surface area contributed by atoms with E-state index in [0.29, 0.717) is 11.4 Å². The Morgan fingerprint density at radius 3 is 2.41 bits per heavy atom. The number of nitrogens with one attached hydrogen (secondary N) is 1. The van der Waals surface area contributed by atoms with Crippen LogP contribution in [0.25, 0.3) is 5.69 Å². The molecule has 7 heteroatoms. The van der Waals surface area contributed by atoms with Gasteiger partial charge in [-0.05, 0) is 52.8 Å². The van der Waals surface area contributed by atoms with E-state index in [0.717, 1.165) is 17.1 Å². The molecule has 0 aliphatic carbocycles. The number of aromatic nitrogens is 3. The second-order valence-electron chi connectivity index (χ2n) is 7.25. The molecule has 0 spiro atoms. The maximum absolute atomic E-state index is 12.7. The molecule has 1 aromatic carbocycles. The zero-order chi connectivity index (χ0) is 21.1. The zero-order valence-electron chi connectivity index (χ0n) is 17.3. The molecule has 0 unspecified atom stereocenters. The minimum absolute atomic E-state index is 0.0986. The van der Waals surface area contributed by atoms with Crippen molar-refractivity contribution in [2.24, 2.45) is 0 Å². The van der Waals surface area contributed by atoms with Gasteiger partial charge in [-0.1, -0.05) is 18.2 Å². The van der Waals surface area contributed by atoms with E-state index < -0.39 is 18.0 Å². The average molecular weight is 394 g/mol. The third-order valence-electron chi connectivity index (χ3n) is 4.73. The zero-order valence-corrected chi connectivity index (χ0v) is 17.3. The second kappa shape index (κ2) is 8.34. The highest BCUT2D eigenvalue weighted by Gasteiger charge is 2.24. The first-order valence-electron chi connectivity index (χ1n) is 9.59. The van der Waals surface area contributed by atoms with Crippen LogP contribution in [0.2, 0.25) is 0 Å². The number of carbonyl (C=O) groups is 2. The Labute approximate surface area is 170 Å². The van der Waals surface area contributed by atoms with Crippen molar-refractivity contribution in [2.45, 2.75) is 46.8 Å². The minimum Gasteiger partial charge on any atom is -0.449 e. The summed E-state index contributed by atoms with van der Waals surface area (Å²) < 4.78 is 9.12. The third-order valence-corrected chi connectivity index (χ3v) is 4.73. The van der Waals surface area contributed by atoms with Gasteiger partial charge in [-0.3, -0.25) is 4.79 Å². The molecule has 0 radical (unpaired) electrons. The van der Waals surface area contributed by atoms with E-state index in [9.17, 15) is 9.59 Å². The van der Waals surface area contributed by atoms with Crippen LogP contribution in [0.15, 0.2) is 48.7 Å². The summed E-state index contributed by atoms with van der Waals surface area (Å²) in [6.45, 7) is 9.28. The van der Waals surface area contributed by atoms with Crippen LogP contribution in [0.4, 0.5) is 5.82 Å². The second-order valence-corrected chi connectivity index (χ2v) is 7.25. The molecule has 2 heterocycles. The fourth-order valence-electron chi connectivity index (χ4n) is 3.27. The van der Waals surface area contributed by atoms with Crippen molar-refractivity contribution in [1.29, 1.82) is 0 Å². The predicted octanol–water partition coefficient (Wildman–Crippen LogP) is 4.06. The third kappa shape index (κ3) is 4.23. The summed E-state index contributed by atoms with van der Waals surface area (Å²) in [5.41, 5.74) is 3.09. The van der Waals surface area contributed by atoms with Crippen molar-refractivity contribution in [3.05, 3.63) is 65.6 Å². The van der Waals surface area contributed by atoms with Gasteiger partial charge in [0.05, 0.1) is 11.8 Å². The molecule has 0 aliphatic heterocycles. The number of anilines is 1. The first-order valence-corrected chi connectivity index (χ1v) is 9.59. The molecule has 3 rings (SSSR count). The standard InChI is InChI=1S/C22H26N4O3/c1-14(2)26-20(11-12-23-26)24-21(27)17(5)29-22(28)19-13-15(3)25(16(19)4)18-9-7-6-8-10-18/h6-14,17H,1-5H3,(H,24,27)/t17-/m0/s1. The molecule has 7 nitrogen and oxygen atoms in total. The van der Waals surface area contributed by atoms with Gasteiger partial charge in [0.1, 0.15) is 5.82 Å². The highest BCUT2D eigenvalue weighted by molar-refractivity contribution is 5.97. The van der Waals surface area contributed by atoms with E-state index >= 15 is 0 Å². The van der Waals surface area contributed by atoms with E-state index in [1.54, 1.807) is 29.9 Å². The van der Waals surface area contributed by atoms with Crippen molar-refractivity contribution < 1.29 is 14.3 Å². The first kappa shape index (κ1) is 20.4. The summed E-state index contributed by atoms with van der Waals surface area (Å²) >= 11 is 0. The van der Waals surface area contributed by atoms with Gasteiger partial charge in [-0.15, -0.1) is 0 Å². The minimum atomic E-state index is -0.946. The van der Waals surface area contributed by atoms with Crippen LogP contribution >= 0.6 is 0 Å². The summed E-state index contributed by atoms with van der Waals surface area (Å²) in [5, 5.41) is 6.95. The Bertz CT molecular complexity index is 1020. The van der Waals surface area contributed by atoms with Gasteiger partial charge in [0.2, 0.25) is 0 Å². The van der Waals surface area contributed by atoms with Crippen molar-refractivity contribution >= 4 is 17.7 Å². The van der Waals surface area contributed by atoms with Crippen LogP contribution in [0, 0.1) is 13.8 Å². The molecule has 0 bridgehead atoms. The molecule has 29 heavy (non-hydrogen) atoms. The average Bonchev–Trinajstić information content (AvgIpc) is 3.26. The van der Waals surface area contributed by atoms with Crippen LogP contribution in [-0.2, 0) is 9.53 Å². The summed E-state index contributed by atoms with van der Waals surface area (Å²) in [6.07, 6.45) is 0.669. The number of nitrogens with zero attached hydrogens (tertiary/aromatic N) is 3. The molecule has 0 saturated carbocycles. The number of ether oxygens (including phenoxy) is 1. The molecule has 2 aromatic heterocycles. The number of hydrogen-bond donors (Lipinski definition) is 1. The largest absolute Gasteiger partial charge is 0.449 e. The molecule has 0 saturated heterocycles. The van der Waals surface area contributed by atoms with E-state index in [1.807, 2.05) is 62.6 Å². The van der Waals surface area contributed by atoms with Crippen molar-refractivity contribution in [2.75, 3.05) is 5.32 Å². The molecule has 0 aliphatic rings. The predicted molar refractivity (Wildman–Crippen MR) is 111 cm³/mol. The number of amides is 1. The van der Waals surface area contributed by atoms with Gasteiger partial charge in [0, 0.05) is 29.2 Å². The van der Waals surface area contributed by atoms with Gasteiger partial charge in [0.25, 0.3) is 5.91 Å². The molecule has 1 N–H and O–H groups in total. The Balaban J connectivity index is 1.73. The van der Waals surface area contributed by atoms with Crippen molar-refractivity contribution in [1.82, 2.24) is 14.3 Å². The molecule has 1 amide bonds. The van der Waals surface area contributed by atoms with Crippen molar-refractivity contribution in [3.63, 3.8) is 0 Å². The van der Waals surface area contributed by atoms with Crippen LogP contribution in [-0.4, -0.2) is 32.3 Å². The van der Waals surface area contributed by atoms with Gasteiger partial charge < -0.3 is 14.6 Å². The number of benzene rings is 1. The SMILES string of the molecule is Cc1cc(C(=O)O[C@@H](C)C(=O)Nc2ccnn2C(C)C)c(C)n1-c1ccccc1. The summed E-state index contributed by atoms with van der Waals surface area (Å²) in [6, 6.07) is 13.4. The molecular formula is C22H26N4O3. The fourth-order valence-corrected chi connectivity index (χ4v) is 3.27. The number of hydrogen-bond acceptors (Lipinski definition) is 4. The molecule has 1 atom stereocenters. The van der Waals surface area contributed by atoms with Gasteiger partial charge in [-0.25, -0.2) is 9.48 Å². The van der Waals surface area contributed by atoms with E-state index in [2.05, 4.69) is 10.4 Å². The van der Waals surface area contributed by atoms with Crippen LogP contribution in [0.1, 0.15) is 48.6 Å². The quantitative estimate of drug-likeness (QED) is 0.640. The number of para-hydroxylation sites is 1. The lowest BCUT2D eigenvalue weighted by Gasteiger charge is -2.16. The van der Waals surface area contributed by atoms with E-state index in [4.69, 9.17) is 4.74 Å². The summed E-state index contributed by atoms with van der Waals surface area (Å²) in [4.78, 5) is 25.2. The first-order chi connectivity index (χ1) is 13.8. The lowest BCUT2D eigenvalue weighted by Crippen LogP contribution is -2.31. The van der Waals surface area contributed by atoms with Gasteiger partial charge >= 0.3 is 5.97 Å². The Morgan fingerprint density at radius 2 is 1.76 bits per heavy atom. The molecule has 3 aromatic rings. The lowest BCUT2D eigenvalue weighted by molar-refractivity contribution is -0.123. The highest BCUT2D eigenvalue weighted by atomic mass is 16.5. The monoisotopic (exact) mass is 394 g/mol. The lowest BCUT2D eigenvalue weighted by atomic mass is 10.2. The van der Waals surface area contributed by atoms with Gasteiger partial charge in [-0.2, -0.15) is 5.10 Å². The number of carbonyl (C=O) groups excluding carboxylic acids is 2. The maximum atomic E-state index is 12.7. The number of aryl methyl sites for hydroxylation is 1. The normalized spacial score (nSPS) is 12.1. The van der Waals surface area contributed by atoms with Gasteiger partial charge in [0.15, 0.2) is 6.10 Å². The van der Waals surface area contributed by atoms with Crippen molar-refractivity contribution in [3.8, 4) is 5.69 Å². The topological polar surface area (TPSA) is 78.2 Å². The molecule has 152 valence electrons. The van der Waals surface area contributed by atoms with Crippen LogP contribution in [0.5, 0.6) is 0 Å². The smallest absolute Gasteiger partial charge is 0.340 e. The number of esters is 1. The van der Waals surface area contributed by atoms with Crippen LogP contribution < -0.4 is 5.32 Å². The molecule has 0 fully saturated rings. The fraction of sp³-hybridized carbons (Fsp3) is 0.318. The Morgan fingerprint density at radius 1 is 1.07 bits per heavy atom. The highest BCUT2D eigenvalue weighted by Crippen LogP contribution is 2.22. The van der Waals surface area contributed by atoms with E-state index in [-0.39, 0.29) is 6.04 Å². The van der Waals surface area contributed by atoms with E-state index in [1.165, 1.54) is 0 Å². The summed E-state index contributed by atoms with van der Waals surface area (Å²) in [7, 11) is 0. The summed E-state index contributed by atoms with van der Waals surface area (Å²) in [5.74, 6) is -0.368. The number of rotatable bonds is 6. The Hall–Kier alpha value is -3.35. The molecular weight excluding hydrogens is 368 g/mol.